The highest BCUT2D eigenvalue weighted by atomic mass is 35.5. The zero-order valence-corrected chi connectivity index (χ0v) is 16.8. The summed E-state index contributed by atoms with van der Waals surface area (Å²) in [6.07, 6.45) is 1.85. The van der Waals surface area contributed by atoms with Gasteiger partial charge in [0.1, 0.15) is 5.15 Å². The van der Waals surface area contributed by atoms with Crippen molar-refractivity contribution < 1.29 is 14.2 Å². The maximum atomic E-state index is 5.86. The van der Waals surface area contributed by atoms with Gasteiger partial charge < -0.3 is 14.2 Å². The first kappa shape index (κ1) is 19.7. The average Bonchev–Trinajstić information content (AvgIpc) is 2.70. The number of hydrogen-bond donors (Lipinski definition) is 0. The summed E-state index contributed by atoms with van der Waals surface area (Å²) in [6.45, 7) is 5.74. The van der Waals surface area contributed by atoms with Gasteiger partial charge in [0.15, 0.2) is 11.5 Å². The van der Waals surface area contributed by atoms with E-state index in [9.17, 15) is 0 Å². The van der Waals surface area contributed by atoms with Crippen molar-refractivity contribution in [3.8, 4) is 17.2 Å². The number of nitrogens with zero attached hydrogens (tertiary/aromatic N) is 3. The van der Waals surface area contributed by atoms with E-state index in [-0.39, 0.29) is 0 Å². The summed E-state index contributed by atoms with van der Waals surface area (Å²) in [4.78, 5) is 9.03. The van der Waals surface area contributed by atoms with Gasteiger partial charge in [0, 0.05) is 51.0 Å². The van der Waals surface area contributed by atoms with E-state index in [0.717, 1.165) is 50.6 Å². The molecule has 2 aromatic rings. The van der Waals surface area contributed by atoms with E-state index in [0.29, 0.717) is 16.7 Å². The summed E-state index contributed by atoms with van der Waals surface area (Å²) >= 11 is 5.86. The van der Waals surface area contributed by atoms with Crippen LogP contribution in [0.4, 0.5) is 0 Å². The molecule has 27 heavy (non-hydrogen) atoms. The lowest BCUT2D eigenvalue weighted by Crippen LogP contribution is -2.45. The van der Waals surface area contributed by atoms with E-state index >= 15 is 0 Å². The van der Waals surface area contributed by atoms with E-state index in [1.807, 2.05) is 30.5 Å². The van der Waals surface area contributed by atoms with Crippen molar-refractivity contribution in [3.63, 3.8) is 0 Å². The predicted octanol–water partition coefficient (Wildman–Crippen LogP) is 3.08. The van der Waals surface area contributed by atoms with Gasteiger partial charge in [-0.1, -0.05) is 23.7 Å². The summed E-state index contributed by atoms with van der Waals surface area (Å²) in [5.41, 5.74) is 2.29. The van der Waals surface area contributed by atoms with Crippen LogP contribution in [0.1, 0.15) is 11.1 Å². The molecule has 7 heteroatoms. The molecular formula is C20H26ClN3O3. The fourth-order valence-corrected chi connectivity index (χ4v) is 3.50. The van der Waals surface area contributed by atoms with Gasteiger partial charge >= 0.3 is 0 Å². The third-order valence-electron chi connectivity index (χ3n) is 4.84. The van der Waals surface area contributed by atoms with Crippen LogP contribution in [-0.4, -0.2) is 62.3 Å². The third kappa shape index (κ3) is 4.83. The van der Waals surface area contributed by atoms with Crippen molar-refractivity contribution in [2.24, 2.45) is 0 Å². The van der Waals surface area contributed by atoms with Crippen LogP contribution in [0.3, 0.4) is 0 Å². The summed E-state index contributed by atoms with van der Waals surface area (Å²) in [7, 11) is 4.93. The van der Waals surface area contributed by atoms with Crippen molar-refractivity contribution in [1.29, 1.82) is 0 Å². The topological polar surface area (TPSA) is 47.1 Å². The van der Waals surface area contributed by atoms with Gasteiger partial charge in [-0.15, -0.1) is 0 Å². The Balaban J connectivity index is 1.60. The molecule has 146 valence electrons. The van der Waals surface area contributed by atoms with Gasteiger partial charge in [-0.3, -0.25) is 9.80 Å². The van der Waals surface area contributed by atoms with Crippen LogP contribution >= 0.6 is 11.6 Å². The van der Waals surface area contributed by atoms with Crippen molar-refractivity contribution in [2.75, 3.05) is 47.5 Å². The largest absolute Gasteiger partial charge is 0.493 e. The molecule has 0 atom stereocenters. The Morgan fingerprint density at radius 1 is 0.852 bits per heavy atom. The van der Waals surface area contributed by atoms with Gasteiger partial charge in [0.25, 0.3) is 0 Å². The molecule has 0 radical (unpaired) electrons. The molecule has 0 bridgehead atoms. The highest BCUT2D eigenvalue weighted by Gasteiger charge is 2.21. The van der Waals surface area contributed by atoms with Crippen LogP contribution in [0.15, 0.2) is 30.5 Å². The molecule has 1 aliphatic heterocycles. The highest BCUT2D eigenvalue weighted by Crippen LogP contribution is 2.40. The maximum absolute atomic E-state index is 5.86. The number of methoxy groups -OCH3 is 3. The molecule has 0 unspecified atom stereocenters. The Hall–Kier alpha value is -2.02. The van der Waals surface area contributed by atoms with E-state index in [2.05, 4.69) is 14.8 Å². The number of aromatic nitrogens is 1. The van der Waals surface area contributed by atoms with Crippen molar-refractivity contribution in [3.05, 3.63) is 46.7 Å². The van der Waals surface area contributed by atoms with E-state index in [1.165, 1.54) is 5.56 Å². The van der Waals surface area contributed by atoms with Gasteiger partial charge in [-0.25, -0.2) is 4.98 Å². The second kappa shape index (κ2) is 9.26. The lowest BCUT2D eigenvalue weighted by Gasteiger charge is -2.35. The van der Waals surface area contributed by atoms with Crippen LogP contribution in [0, 0.1) is 0 Å². The Labute approximate surface area is 165 Å². The SMILES string of the molecule is COc1ccc(CN2CCN(Cc3ccc(Cl)nc3)CC2)c(OC)c1OC. The zero-order valence-electron chi connectivity index (χ0n) is 16.1. The number of halogens is 1. The molecule has 1 aliphatic rings. The molecule has 1 fully saturated rings. The summed E-state index contributed by atoms with van der Waals surface area (Å²) in [5.74, 6) is 2.07. The van der Waals surface area contributed by atoms with E-state index in [4.69, 9.17) is 25.8 Å². The monoisotopic (exact) mass is 391 g/mol. The molecule has 2 heterocycles. The highest BCUT2D eigenvalue weighted by molar-refractivity contribution is 6.29. The van der Waals surface area contributed by atoms with E-state index < -0.39 is 0 Å². The standard InChI is InChI=1S/C20H26ClN3O3/c1-25-17-6-5-16(19(26-2)20(17)27-3)14-24-10-8-23(9-11-24)13-15-4-7-18(21)22-12-15/h4-7,12H,8-11,13-14H2,1-3H3. The molecule has 6 nitrogen and oxygen atoms in total. The van der Waals surface area contributed by atoms with Crippen molar-refractivity contribution >= 4 is 11.6 Å². The minimum Gasteiger partial charge on any atom is -0.493 e. The predicted molar refractivity (Wildman–Crippen MR) is 106 cm³/mol. The Bertz CT molecular complexity index is 747. The fraction of sp³-hybridized carbons (Fsp3) is 0.450. The van der Waals surface area contributed by atoms with Crippen LogP contribution in [0.25, 0.3) is 0 Å². The molecule has 0 aliphatic carbocycles. The number of rotatable bonds is 7. The number of piperazine rings is 1. The maximum Gasteiger partial charge on any atom is 0.203 e. The van der Waals surface area contributed by atoms with Crippen LogP contribution in [-0.2, 0) is 13.1 Å². The first-order valence-corrected chi connectivity index (χ1v) is 9.35. The van der Waals surface area contributed by atoms with Crippen LogP contribution in [0.5, 0.6) is 17.2 Å². The second-order valence-corrected chi connectivity index (χ2v) is 6.92. The molecule has 0 amide bonds. The minimum atomic E-state index is 0.535. The molecule has 1 aromatic heterocycles. The van der Waals surface area contributed by atoms with Crippen LogP contribution < -0.4 is 14.2 Å². The van der Waals surface area contributed by atoms with Crippen molar-refractivity contribution in [2.45, 2.75) is 13.1 Å². The Morgan fingerprint density at radius 2 is 1.52 bits per heavy atom. The third-order valence-corrected chi connectivity index (χ3v) is 5.06. The smallest absolute Gasteiger partial charge is 0.203 e. The van der Waals surface area contributed by atoms with Gasteiger partial charge in [-0.2, -0.15) is 0 Å². The summed E-state index contributed by atoms with van der Waals surface area (Å²) < 4.78 is 16.5. The Kier molecular flexibility index (Phi) is 6.77. The van der Waals surface area contributed by atoms with Crippen molar-refractivity contribution in [1.82, 2.24) is 14.8 Å². The van der Waals surface area contributed by atoms with E-state index in [1.54, 1.807) is 21.3 Å². The average molecular weight is 392 g/mol. The first-order valence-electron chi connectivity index (χ1n) is 8.97. The van der Waals surface area contributed by atoms with Crippen LogP contribution in [0.2, 0.25) is 5.15 Å². The van der Waals surface area contributed by atoms with Gasteiger partial charge in [-0.05, 0) is 17.7 Å². The van der Waals surface area contributed by atoms with Gasteiger partial charge in [0.05, 0.1) is 21.3 Å². The fourth-order valence-electron chi connectivity index (χ4n) is 3.39. The molecule has 1 saturated heterocycles. The first-order chi connectivity index (χ1) is 13.1. The number of hydrogen-bond acceptors (Lipinski definition) is 6. The molecule has 0 saturated carbocycles. The lowest BCUT2D eigenvalue weighted by atomic mass is 10.1. The zero-order chi connectivity index (χ0) is 19.2. The lowest BCUT2D eigenvalue weighted by molar-refractivity contribution is 0.121. The normalized spacial score (nSPS) is 15.6. The molecule has 3 rings (SSSR count). The quantitative estimate of drug-likeness (QED) is 0.676. The number of benzene rings is 1. The number of ether oxygens (including phenoxy) is 3. The molecule has 0 spiro atoms. The molecular weight excluding hydrogens is 366 g/mol. The molecule has 1 aromatic carbocycles. The van der Waals surface area contributed by atoms with Gasteiger partial charge in [0.2, 0.25) is 5.75 Å². The summed E-state index contributed by atoms with van der Waals surface area (Å²) in [6, 6.07) is 7.86. The minimum absolute atomic E-state index is 0.535. The number of pyridine rings is 1. The molecule has 0 N–H and O–H groups in total. The summed E-state index contributed by atoms with van der Waals surface area (Å²) in [5, 5.41) is 0.535. The Morgan fingerprint density at radius 3 is 2.07 bits per heavy atom. The second-order valence-electron chi connectivity index (χ2n) is 6.53.